The molecule has 5 rings (SSSR count). The lowest BCUT2D eigenvalue weighted by atomic mass is 9.95. The molecule has 0 atom stereocenters. The Morgan fingerprint density at radius 1 is 0.846 bits per heavy atom. The largest absolute Gasteiger partial charge is 0.378 e. The van der Waals surface area contributed by atoms with E-state index in [9.17, 15) is 0 Å². The first-order valence-corrected chi connectivity index (χ1v) is 8.78. The molecule has 126 valence electrons. The quantitative estimate of drug-likeness (QED) is 0.403. The highest BCUT2D eigenvalue weighted by Gasteiger charge is 2.14. The van der Waals surface area contributed by atoms with Gasteiger partial charge in [0.05, 0.1) is 5.52 Å². The number of aromatic nitrogens is 2. The zero-order valence-corrected chi connectivity index (χ0v) is 14.8. The first-order chi connectivity index (χ1) is 12.7. The summed E-state index contributed by atoms with van der Waals surface area (Å²) in [7, 11) is 4.14. The smallest absolute Gasteiger partial charge is 0.145 e. The second kappa shape index (κ2) is 5.60. The van der Waals surface area contributed by atoms with Crippen LogP contribution < -0.4 is 4.90 Å². The van der Waals surface area contributed by atoms with Crippen LogP contribution in [0, 0.1) is 0 Å². The maximum absolute atomic E-state index is 4.66. The third kappa shape index (κ3) is 2.10. The van der Waals surface area contributed by atoms with Crippen LogP contribution >= 0.6 is 0 Å². The molecule has 0 aliphatic carbocycles. The van der Waals surface area contributed by atoms with E-state index in [4.69, 9.17) is 0 Å². The van der Waals surface area contributed by atoms with E-state index in [1.807, 2.05) is 12.4 Å². The number of hydrogen-bond acceptors (Lipinski definition) is 2. The molecule has 0 bridgehead atoms. The van der Waals surface area contributed by atoms with Gasteiger partial charge in [0, 0.05) is 48.3 Å². The molecular weight excluding hydrogens is 318 g/mol. The first kappa shape index (κ1) is 15.0. The van der Waals surface area contributed by atoms with Crippen molar-refractivity contribution in [3.63, 3.8) is 0 Å². The van der Waals surface area contributed by atoms with Gasteiger partial charge < -0.3 is 4.90 Å². The summed E-state index contributed by atoms with van der Waals surface area (Å²) in [5.74, 6) is 0. The van der Waals surface area contributed by atoms with E-state index in [-0.39, 0.29) is 0 Å². The molecule has 0 aliphatic rings. The molecule has 0 N–H and O–H groups in total. The van der Waals surface area contributed by atoms with E-state index in [0.717, 1.165) is 5.65 Å². The van der Waals surface area contributed by atoms with Crippen LogP contribution in [0.2, 0.25) is 0 Å². The van der Waals surface area contributed by atoms with Gasteiger partial charge in [0.2, 0.25) is 0 Å². The van der Waals surface area contributed by atoms with Crippen molar-refractivity contribution in [2.75, 3.05) is 19.0 Å². The van der Waals surface area contributed by atoms with Crippen LogP contribution in [0.1, 0.15) is 0 Å². The Balaban J connectivity index is 2.01. The first-order valence-electron chi connectivity index (χ1n) is 8.78. The van der Waals surface area contributed by atoms with Gasteiger partial charge in [-0.15, -0.1) is 0 Å². The SMILES string of the molecule is CN(C)c1ccc2c3c(-c4ccccc4)cccc3c3nccn3c2c1. The summed E-state index contributed by atoms with van der Waals surface area (Å²) >= 11 is 0. The second-order valence-electron chi connectivity index (χ2n) is 6.81. The zero-order chi connectivity index (χ0) is 17.7. The van der Waals surface area contributed by atoms with Gasteiger partial charge in [-0.2, -0.15) is 0 Å². The van der Waals surface area contributed by atoms with Crippen molar-refractivity contribution in [1.82, 2.24) is 9.38 Å². The van der Waals surface area contributed by atoms with Crippen molar-refractivity contribution in [2.45, 2.75) is 0 Å². The number of anilines is 1. The van der Waals surface area contributed by atoms with Gasteiger partial charge in [0.25, 0.3) is 0 Å². The van der Waals surface area contributed by atoms with E-state index >= 15 is 0 Å². The lowest BCUT2D eigenvalue weighted by molar-refractivity contribution is 1.13. The van der Waals surface area contributed by atoms with E-state index in [2.05, 4.69) is 95.1 Å². The molecule has 0 saturated heterocycles. The maximum atomic E-state index is 4.66. The van der Waals surface area contributed by atoms with Gasteiger partial charge in [-0.25, -0.2) is 4.98 Å². The van der Waals surface area contributed by atoms with Crippen LogP contribution in [-0.2, 0) is 0 Å². The van der Waals surface area contributed by atoms with E-state index in [0.29, 0.717) is 0 Å². The Hall–Kier alpha value is -3.33. The third-order valence-corrected chi connectivity index (χ3v) is 5.06. The summed E-state index contributed by atoms with van der Waals surface area (Å²) in [5.41, 5.74) is 5.84. The molecule has 2 aromatic heterocycles. The standard InChI is InChI=1S/C23H19N3/c1-25(2)17-11-12-19-21(15-17)26-14-13-24-23(26)20-10-6-9-18(22(19)20)16-7-4-3-5-8-16/h3-15H,1-2H3. The summed E-state index contributed by atoms with van der Waals surface area (Å²) < 4.78 is 2.19. The molecule has 5 aromatic rings. The van der Waals surface area contributed by atoms with Crippen molar-refractivity contribution in [3.05, 3.63) is 79.1 Å². The van der Waals surface area contributed by atoms with Gasteiger partial charge >= 0.3 is 0 Å². The lowest BCUT2D eigenvalue weighted by Crippen LogP contribution is -2.08. The van der Waals surface area contributed by atoms with E-state index in [1.165, 1.54) is 38.5 Å². The fourth-order valence-corrected chi connectivity index (χ4v) is 3.79. The van der Waals surface area contributed by atoms with Gasteiger partial charge in [0.15, 0.2) is 0 Å². The van der Waals surface area contributed by atoms with Gasteiger partial charge in [-0.1, -0.05) is 54.6 Å². The van der Waals surface area contributed by atoms with Crippen molar-refractivity contribution in [3.8, 4) is 11.1 Å². The molecule has 3 aromatic carbocycles. The summed E-state index contributed by atoms with van der Waals surface area (Å²) in [6.07, 6.45) is 3.93. The minimum absolute atomic E-state index is 1.00. The number of hydrogen-bond donors (Lipinski definition) is 0. The van der Waals surface area contributed by atoms with Crippen LogP contribution in [0.15, 0.2) is 79.1 Å². The van der Waals surface area contributed by atoms with E-state index in [1.54, 1.807) is 0 Å². The van der Waals surface area contributed by atoms with Crippen LogP contribution in [0.25, 0.3) is 38.4 Å². The number of rotatable bonds is 2. The highest BCUT2D eigenvalue weighted by atomic mass is 15.1. The monoisotopic (exact) mass is 337 g/mol. The minimum atomic E-state index is 1.00. The Morgan fingerprint density at radius 3 is 2.50 bits per heavy atom. The molecule has 0 fully saturated rings. The van der Waals surface area contributed by atoms with Crippen molar-refractivity contribution in [2.24, 2.45) is 0 Å². The third-order valence-electron chi connectivity index (χ3n) is 5.06. The van der Waals surface area contributed by atoms with Gasteiger partial charge in [0.1, 0.15) is 5.65 Å². The number of fused-ring (bicyclic) bond motifs is 6. The second-order valence-corrected chi connectivity index (χ2v) is 6.81. The van der Waals surface area contributed by atoms with Gasteiger partial charge in [-0.05, 0) is 23.3 Å². The topological polar surface area (TPSA) is 20.5 Å². The number of pyridine rings is 1. The fraction of sp³-hybridized carbons (Fsp3) is 0.0870. The summed E-state index contributed by atoms with van der Waals surface area (Å²) in [6, 6.07) is 23.7. The zero-order valence-electron chi connectivity index (χ0n) is 14.8. The minimum Gasteiger partial charge on any atom is -0.378 e. The van der Waals surface area contributed by atoms with Gasteiger partial charge in [-0.3, -0.25) is 4.40 Å². The average molecular weight is 337 g/mol. The summed E-state index contributed by atoms with van der Waals surface area (Å²) in [5, 5.41) is 3.69. The molecule has 26 heavy (non-hydrogen) atoms. The van der Waals surface area contributed by atoms with Crippen LogP contribution in [0.4, 0.5) is 5.69 Å². The van der Waals surface area contributed by atoms with Crippen molar-refractivity contribution in [1.29, 1.82) is 0 Å². The lowest BCUT2D eigenvalue weighted by Gasteiger charge is -2.16. The molecule has 0 unspecified atom stereocenters. The molecule has 0 radical (unpaired) electrons. The number of benzene rings is 3. The molecule has 0 spiro atoms. The molecule has 0 amide bonds. The Bertz CT molecular complexity index is 1250. The predicted molar refractivity (Wildman–Crippen MR) is 110 cm³/mol. The predicted octanol–water partition coefficient (Wildman–Crippen LogP) is 5.37. The molecule has 0 aliphatic heterocycles. The highest BCUT2D eigenvalue weighted by molar-refractivity contribution is 6.18. The van der Waals surface area contributed by atoms with Crippen LogP contribution in [0.3, 0.4) is 0 Å². The molecule has 3 nitrogen and oxygen atoms in total. The molecular formula is C23H19N3. The summed E-state index contributed by atoms with van der Waals surface area (Å²) in [6.45, 7) is 0. The van der Waals surface area contributed by atoms with Crippen molar-refractivity contribution >= 4 is 33.0 Å². The van der Waals surface area contributed by atoms with E-state index < -0.39 is 0 Å². The normalized spacial score (nSPS) is 11.5. The molecule has 3 heteroatoms. The highest BCUT2D eigenvalue weighted by Crippen LogP contribution is 2.37. The Kier molecular flexibility index (Phi) is 3.22. The Labute approximate surface area is 152 Å². The van der Waals surface area contributed by atoms with Crippen LogP contribution in [0.5, 0.6) is 0 Å². The maximum Gasteiger partial charge on any atom is 0.145 e. The summed E-state index contributed by atoms with van der Waals surface area (Å²) in [4.78, 5) is 6.79. The number of nitrogens with zero attached hydrogens (tertiary/aromatic N) is 3. The fourth-order valence-electron chi connectivity index (χ4n) is 3.79. The van der Waals surface area contributed by atoms with Crippen LogP contribution in [-0.4, -0.2) is 23.5 Å². The Morgan fingerprint density at radius 2 is 1.69 bits per heavy atom. The van der Waals surface area contributed by atoms with Crippen molar-refractivity contribution < 1.29 is 0 Å². The number of imidazole rings is 1. The molecule has 0 saturated carbocycles. The molecule has 2 heterocycles. The average Bonchev–Trinajstić information content (AvgIpc) is 3.18.